The molecule has 0 aromatic heterocycles. The highest BCUT2D eigenvalue weighted by molar-refractivity contribution is 4.88. The summed E-state index contributed by atoms with van der Waals surface area (Å²) in [4.78, 5) is 2.62. The van der Waals surface area contributed by atoms with Crippen LogP contribution in [0.25, 0.3) is 0 Å². The van der Waals surface area contributed by atoms with E-state index in [9.17, 15) is 0 Å². The summed E-state index contributed by atoms with van der Waals surface area (Å²) in [6, 6.07) is 1.31. The van der Waals surface area contributed by atoms with Crippen LogP contribution in [-0.4, -0.2) is 30.1 Å². The van der Waals surface area contributed by atoms with E-state index < -0.39 is 0 Å². The number of likely N-dealkylation sites (N-methyl/N-ethyl adjacent to an activating group) is 1. The SMILES string of the molecule is CCN(CC(N)C1CC1)C1CCCC1. The molecule has 1 atom stereocenters. The average molecular weight is 196 g/mol. The van der Waals surface area contributed by atoms with E-state index >= 15 is 0 Å². The molecule has 2 aliphatic carbocycles. The van der Waals surface area contributed by atoms with Crippen LogP contribution in [0, 0.1) is 5.92 Å². The molecular formula is C12H24N2. The van der Waals surface area contributed by atoms with Gasteiger partial charge in [0, 0.05) is 18.6 Å². The van der Waals surface area contributed by atoms with E-state index in [0.29, 0.717) is 6.04 Å². The first-order chi connectivity index (χ1) is 6.81. The first-order valence-corrected chi connectivity index (χ1v) is 6.31. The van der Waals surface area contributed by atoms with Crippen molar-refractivity contribution in [3.05, 3.63) is 0 Å². The highest BCUT2D eigenvalue weighted by Gasteiger charge is 2.31. The van der Waals surface area contributed by atoms with Crippen molar-refractivity contribution in [3.63, 3.8) is 0 Å². The summed E-state index contributed by atoms with van der Waals surface area (Å²) in [5.41, 5.74) is 6.18. The van der Waals surface area contributed by atoms with Gasteiger partial charge in [-0.3, -0.25) is 4.90 Å². The lowest BCUT2D eigenvalue weighted by molar-refractivity contribution is 0.191. The fourth-order valence-corrected chi connectivity index (χ4v) is 2.75. The summed E-state index contributed by atoms with van der Waals surface area (Å²) in [6.07, 6.45) is 8.43. The van der Waals surface area contributed by atoms with E-state index in [1.54, 1.807) is 0 Å². The largest absolute Gasteiger partial charge is 0.326 e. The lowest BCUT2D eigenvalue weighted by atomic mass is 10.1. The van der Waals surface area contributed by atoms with Gasteiger partial charge in [0.2, 0.25) is 0 Å². The molecule has 2 heteroatoms. The summed E-state index contributed by atoms with van der Waals surface area (Å²) >= 11 is 0. The van der Waals surface area contributed by atoms with Crippen LogP contribution in [-0.2, 0) is 0 Å². The molecule has 2 fully saturated rings. The predicted molar refractivity (Wildman–Crippen MR) is 60.2 cm³/mol. The summed E-state index contributed by atoms with van der Waals surface area (Å²) in [7, 11) is 0. The second-order valence-electron chi connectivity index (χ2n) is 5.03. The lowest BCUT2D eigenvalue weighted by Crippen LogP contribution is -2.43. The van der Waals surface area contributed by atoms with Crippen molar-refractivity contribution in [1.82, 2.24) is 4.90 Å². The topological polar surface area (TPSA) is 29.3 Å². The minimum Gasteiger partial charge on any atom is -0.326 e. The van der Waals surface area contributed by atoms with Crippen LogP contribution in [0.1, 0.15) is 45.4 Å². The third-order valence-corrected chi connectivity index (χ3v) is 3.92. The molecule has 0 saturated heterocycles. The van der Waals surface area contributed by atoms with E-state index in [0.717, 1.165) is 18.5 Å². The first-order valence-electron chi connectivity index (χ1n) is 6.31. The molecule has 0 radical (unpaired) electrons. The van der Waals surface area contributed by atoms with Crippen molar-refractivity contribution in [1.29, 1.82) is 0 Å². The molecule has 0 aromatic rings. The molecule has 0 spiro atoms. The van der Waals surface area contributed by atoms with E-state index in [1.807, 2.05) is 0 Å². The van der Waals surface area contributed by atoms with Gasteiger partial charge in [0.1, 0.15) is 0 Å². The van der Waals surface area contributed by atoms with Gasteiger partial charge in [-0.1, -0.05) is 19.8 Å². The Hall–Kier alpha value is -0.0800. The highest BCUT2D eigenvalue weighted by Crippen LogP contribution is 2.32. The summed E-state index contributed by atoms with van der Waals surface area (Å²) < 4.78 is 0. The molecule has 2 N–H and O–H groups in total. The molecular weight excluding hydrogens is 172 g/mol. The number of rotatable bonds is 5. The van der Waals surface area contributed by atoms with Crippen molar-refractivity contribution in [2.75, 3.05) is 13.1 Å². The fraction of sp³-hybridized carbons (Fsp3) is 1.00. The van der Waals surface area contributed by atoms with Gasteiger partial charge in [-0.25, -0.2) is 0 Å². The molecule has 0 aromatic carbocycles. The second-order valence-corrected chi connectivity index (χ2v) is 5.03. The van der Waals surface area contributed by atoms with Gasteiger partial charge in [0.05, 0.1) is 0 Å². The average Bonchev–Trinajstić information content (AvgIpc) is 2.91. The number of nitrogens with zero attached hydrogens (tertiary/aromatic N) is 1. The first kappa shape index (κ1) is 10.4. The fourth-order valence-electron chi connectivity index (χ4n) is 2.75. The predicted octanol–water partition coefficient (Wildman–Crippen LogP) is 1.99. The number of hydrogen-bond donors (Lipinski definition) is 1. The van der Waals surface area contributed by atoms with Crippen LogP contribution in [0.3, 0.4) is 0 Å². The van der Waals surface area contributed by atoms with Gasteiger partial charge < -0.3 is 5.73 Å². The molecule has 1 unspecified atom stereocenters. The summed E-state index contributed by atoms with van der Waals surface area (Å²) in [6.45, 7) is 4.61. The summed E-state index contributed by atoms with van der Waals surface area (Å²) in [5.74, 6) is 0.852. The van der Waals surface area contributed by atoms with E-state index in [1.165, 1.54) is 45.1 Å². The van der Waals surface area contributed by atoms with Crippen molar-refractivity contribution in [2.45, 2.75) is 57.5 Å². The zero-order chi connectivity index (χ0) is 9.97. The second kappa shape index (κ2) is 4.63. The van der Waals surface area contributed by atoms with E-state index in [2.05, 4.69) is 11.8 Å². The molecule has 0 aliphatic heterocycles. The molecule has 0 amide bonds. The number of hydrogen-bond acceptors (Lipinski definition) is 2. The zero-order valence-electron chi connectivity index (χ0n) is 9.41. The van der Waals surface area contributed by atoms with Gasteiger partial charge in [0.15, 0.2) is 0 Å². The molecule has 14 heavy (non-hydrogen) atoms. The van der Waals surface area contributed by atoms with Gasteiger partial charge in [-0.15, -0.1) is 0 Å². The maximum Gasteiger partial charge on any atom is 0.0196 e. The van der Waals surface area contributed by atoms with Crippen LogP contribution in [0.2, 0.25) is 0 Å². The van der Waals surface area contributed by atoms with Gasteiger partial charge in [-0.05, 0) is 38.1 Å². The molecule has 2 rings (SSSR count). The molecule has 82 valence electrons. The lowest BCUT2D eigenvalue weighted by Gasteiger charge is -2.30. The maximum absolute atomic E-state index is 6.18. The zero-order valence-corrected chi connectivity index (χ0v) is 9.41. The van der Waals surface area contributed by atoms with Crippen LogP contribution in [0.4, 0.5) is 0 Å². The summed E-state index contributed by atoms with van der Waals surface area (Å²) in [5, 5.41) is 0. The van der Waals surface area contributed by atoms with Gasteiger partial charge in [-0.2, -0.15) is 0 Å². The Labute approximate surface area is 87.8 Å². The molecule has 2 nitrogen and oxygen atoms in total. The van der Waals surface area contributed by atoms with Crippen LogP contribution in [0.15, 0.2) is 0 Å². The van der Waals surface area contributed by atoms with Crippen molar-refractivity contribution < 1.29 is 0 Å². The Morgan fingerprint density at radius 3 is 2.36 bits per heavy atom. The van der Waals surface area contributed by atoms with Crippen LogP contribution >= 0.6 is 0 Å². The van der Waals surface area contributed by atoms with Gasteiger partial charge in [0.25, 0.3) is 0 Å². The molecule has 2 aliphatic rings. The third-order valence-electron chi connectivity index (χ3n) is 3.92. The molecule has 0 bridgehead atoms. The third kappa shape index (κ3) is 2.48. The molecule has 2 saturated carbocycles. The Morgan fingerprint density at radius 1 is 1.21 bits per heavy atom. The Kier molecular flexibility index (Phi) is 3.45. The Bertz CT molecular complexity index is 171. The van der Waals surface area contributed by atoms with Crippen molar-refractivity contribution >= 4 is 0 Å². The smallest absolute Gasteiger partial charge is 0.0196 e. The van der Waals surface area contributed by atoms with Gasteiger partial charge >= 0.3 is 0 Å². The molecule has 0 heterocycles. The standard InChI is InChI=1S/C12H24N2/c1-2-14(11-5-3-4-6-11)9-12(13)10-7-8-10/h10-12H,2-9,13H2,1H3. The minimum atomic E-state index is 0.454. The minimum absolute atomic E-state index is 0.454. The van der Waals surface area contributed by atoms with E-state index in [-0.39, 0.29) is 0 Å². The van der Waals surface area contributed by atoms with Crippen LogP contribution in [0.5, 0.6) is 0 Å². The number of nitrogens with two attached hydrogens (primary N) is 1. The Balaban J connectivity index is 1.78. The van der Waals surface area contributed by atoms with Crippen LogP contribution < -0.4 is 5.73 Å². The van der Waals surface area contributed by atoms with E-state index in [4.69, 9.17) is 5.73 Å². The van der Waals surface area contributed by atoms with Crippen molar-refractivity contribution in [3.8, 4) is 0 Å². The monoisotopic (exact) mass is 196 g/mol. The Morgan fingerprint density at radius 2 is 1.86 bits per heavy atom. The highest BCUT2D eigenvalue weighted by atomic mass is 15.2. The van der Waals surface area contributed by atoms with Crippen molar-refractivity contribution in [2.24, 2.45) is 11.7 Å². The maximum atomic E-state index is 6.18. The normalized spacial score (nSPS) is 25.9. The quantitative estimate of drug-likeness (QED) is 0.728.